The lowest BCUT2D eigenvalue weighted by molar-refractivity contribution is 0.991. The summed E-state index contributed by atoms with van der Waals surface area (Å²) in [6.07, 6.45) is 1.68. The molecule has 0 aliphatic heterocycles. The minimum absolute atomic E-state index is 0.443. The van der Waals surface area contributed by atoms with Crippen LogP contribution in [0.15, 0.2) is 30.5 Å². The molecule has 0 aliphatic carbocycles. The van der Waals surface area contributed by atoms with Crippen LogP contribution in [0.4, 0.5) is 11.6 Å². The minimum atomic E-state index is 0.443. The highest BCUT2D eigenvalue weighted by atomic mass is 15.2. The number of aromatic amines is 1. The molecule has 0 saturated carbocycles. The Labute approximate surface area is 81.4 Å². The summed E-state index contributed by atoms with van der Waals surface area (Å²) in [6, 6.07) is 7.50. The summed E-state index contributed by atoms with van der Waals surface area (Å²) in [5.74, 6) is 1.57. The highest BCUT2D eigenvalue weighted by Crippen LogP contribution is 2.10. The third-order valence-corrected chi connectivity index (χ3v) is 1.78. The first-order valence-corrected chi connectivity index (χ1v) is 4.31. The number of pyridine rings is 1. The van der Waals surface area contributed by atoms with Crippen molar-refractivity contribution in [2.24, 2.45) is 5.73 Å². The molecule has 72 valence electrons. The third-order valence-electron chi connectivity index (χ3n) is 1.78. The molecule has 0 aliphatic rings. The number of nitrogens with two attached hydrogens (primary N) is 1. The van der Waals surface area contributed by atoms with E-state index in [0.717, 1.165) is 17.3 Å². The standard InChI is InChI=1S/C9H11N5/c10-6-7-2-1-3-8(12-7)13-9-4-5-11-14-9/h1-5H,6,10H2,(H2,11,12,13,14). The maximum atomic E-state index is 5.48. The second kappa shape index (κ2) is 3.89. The van der Waals surface area contributed by atoms with Gasteiger partial charge in [-0.05, 0) is 12.1 Å². The van der Waals surface area contributed by atoms with Crippen LogP contribution in [0.25, 0.3) is 0 Å². The van der Waals surface area contributed by atoms with Crippen molar-refractivity contribution < 1.29 is 0 Å². The van der Waals surface area contributed by atoms with E-state index >= 15 is 0 Å². The summed E-state index contributed by atoms with van der Waals surface area (Å²) < 4.78 is 0. The van der Waals surface area contributed by atoms with Crippen LogP contribution in [0.5, 0.6) is 0 Å². The van der Waals surface area contributed by atoms with Gasteiger partial charge in [-0.3, -0.25) is 5.10 Å². The Morgan fingerprint density at radius 1 is 1.36 bits per heavy atom. The number of nitrogens with zero attached hydrogens (tertiary/aromatic N) is 2. The smallest absolute Gasteiger partial charge is 0.131 e. The first-order valence-electron chi connectivity index (χ1n) is 4.31. The minimum Gasteiger partial charge on any atom is -0.325 e. The van der Waals surface area contributed by atoms with Gasteiger partial charge in [-0.15, -0.1) is 0 Å². The van der Waals surface area contributed by atoms with E-state index in [2.05, 4.69) is 20.5 Å². The van der Waals surface area contributed by atoms with Crippen molar-refractivity contribution in [2.75, 3.05) is 5.32 Å². The number of H-pyrrole nitrogens is 1. The van der Waals surface area contributed by atoms with E-state index in [9.17, 15) is 0 Å². The Morgan fingerprint density at radius 2 is 2.29 bits per heavy atom. The summed E-state index contributed by atoms with van der Waals surface area (Å²) in [4.78, 5) is 4.28. The second-order valence-corrected chi connectivity index (χ2v) is 2.81. The average Bonchev–Trinajstić information content (AvgIpc) is 2.71. The van der Waals surface area contributed by atoms with Crippen LogP contribution in [-0.4, -0.2) is 15.2 Å². The molecule has 2 rings (SSSR count). The number of anilines is 2. The van der Waals surface area contributed by atoms with Gasteiger partial charge in [0.25, 0.3) is 0 Å². The Hall–Kier alpha value is -1.88. The fourth-order valence-electron chi connectivity index (χ4n) is 1.13. The van der Waals surface area contributed by atoms with Crippen molar-refractivity contribution in [3.63, 3.8) is 0 Å². The third kappa shape index (κ3) is 1.89. The first-order chi connectivity index (χ1) is 6.88. The van der Waals surface area contributed by atoms with Gasteiger partial charge >= 0.3 is 0 Å². The summed E-state index contributed by atoms with van der Waals surface area (Å²) in [7, 11) is 0. The van der Waals surface area contributed by atoms with Crippen molar-refractivity contribution in [3.8, 4) is 0 Å². The molecule has 14 heavy (non-hydrogen) atoms. The monoisotopic (exact) mass is 189 g/mol. The molecule has 0 atom stereocenters. The molecule has 2 aromatic heterocycles. The molecular formula is C9H11N5. The van der Waals surface area contributed by atoms with Gasteiger partial charge in [0, 0.05) is 12.6 Å². The van der Waals surface area contributed by atoms with E-state index in [1.54, 1.807) is 6.20 Å². The van der Waals surface area contributed by atoms with Gasteiger partial charge in [-0.25, -0.2) is 4.98 Å². The lowest BCUT2D eigenvalue weighted by Gasteiger charge is -2.03. The van der Waals surface area contributed by atoms with Gasteiger partial charge in [0.1, 0.15) is 11.6 Å². The topological polar surface area (TPSA) is 79.6 Å². The van der Waals surface area contributed by atoms with Crippen LogP contribution in [-0.2, 0) is 6.54 Å². The zero-order valence-corrected chi connectivity index (χ0v) is 7.57. The molecule has 0 saturated heterocycles. The number of nitrogens with one attached hydrogen (secondary N) is 2. The van der Waals surface area contributed by atoms with Crippen LogP contribution in [0.3, 0.4) is 0 Å². The van der Waals surface area contributed by atoms with Gasteiger partial charge in [-0.1, -0.05) is 6.07 Å². The zero-order valence-electron chi connectivity index (χ0n) is 7.57. The molecule has 5 nitrogen and oxygen atoms in total. The highest BCUT2D eigenvalue weighted by Gasteiger charge is 1.97. The summed E-state index contributed by atoms with van der Waals surface area (Å²) >= 11 is 0. The predicted octanol–water partition coefficient (Wildman–Crippen LogP) is 1.01. The molecule has 0 unspecified atom stereocenters. The maximum Gasteiger partial charge on any atom is 0.131 e. The highest BCUT2D eigenvalue weighted by molar-refractivity contribution is 5.50. The van der Waals surface area contributed by atoms with Crippen molar-refractivity contribution in [1.82, 2.24) is 15.2 Å². The van der Waals surface area contributed by atoms with Crippen LogP contribution in [0.2, 0.25) is 0 Å². The fraction of sp³-hybridized carbons (Fsp3) is 0.111. The van der Waals surface area contributed by atoms with Crippen LogP contribution in [0, 0.1) is 0 Å². The number of hydrogen-bond acceptors (Lipinski definition) is 4. The van der Waals surface area contributed by atoms with Gasteiger partial charge < -0.3 is 11.1 Å². The number of rotatable bonds is 3. The molecule has 2 heterocycles. The molecule has 4 N–H and O–H groups in total. The van der Waals surface area contributed by atoms with E-state index in [4.69, 9.17) is 5.73 Å². The number of aromatic nitrogens is 3. The quantitative estimate of drug-likeness (QED) is 0.673. The average molecular weight is 189 g/mol. The van der Waals surface area contributed by atoms with E-state index in [-0.39, 0.29) is 0 Å². The van der Waals surface area contributed by atoms with E-state index in [1.165, 1.54) is 0 Å². The summed E-state index contributed by atoms with van der Waals surface area (Å²) in [6.45, 7) is 0.443. The summed E-state index contributed by atoms with van der Waals surface area (Å²) in [5.41, 5.74) is 6.34. The molecule has 2 aromatic rings. The molecule has 0 fully saturated rings. The predicted molar refractivity (Wildman–Crippen MR) is 54.0 cm³/mol. The van der Waals surface area contributed by atoms with Crippen LogP contribution >= 0.6 is 0 Å². The molecule has 0 aromatic carbocycles. The summed E-state index contributed by atoms with van der Waals surface area (Å²) in [5, 5.41) is 9.69. The van der Waals surface area contributed by atoms with Crippen molar-refractivity contribution >= 4 is 11.6 Å². The van der Waals surface area contributed by atoms with Gasteiger partial charge in [-0.2, -0.15) is 5.10 Å². The SMILES string of the molecule is NCc1cccc(Nc2ccn[nH]2)n1. The first kappa shape index (κ1) is 8.71. The van der Waals surface area contributed by atoms with E-state index in [1.807, 2.05) is 24.3 Å². The van der Waals surface area contributed by atoms with Crippen molar-refractivity contribution in [3.05, 3.63) is 36.2 Å². The van der Waals surface area contributed by atoms with Crippen molar-refractivity contribution in [1.29, 1.82) is 0 Å². The molecule has 0 spiro atoms. The molecule has 0 bridgehead atoms. The molecular weight excluding hydrogens is 178 g/mol. The maximum absolute atomic E-state index is 5.48. The van der Waals surface area contributed by atoms with E-state index < -0.39 is 0 Å². The Kier molecular flexibility index (Phi) is 2.42. The normalized spacial score (nSPS) is 10.1. The van der Waals surface area contributed by atoms with Gasteiger partial charge in [0.05, 0.1) is 11.9 Å². The van der Waals surface area contributed by atoms with E-state index in [0.29, 0.717) is 6.54 Å². The second-order valence-electron chi connectivity index (χ2n) is 2.81. The van der Waals surface area contributed by atoms with Crippen molar-refractivity contribution in [2.45, 2.75) is 6.54 Å². The molecule has 0 amide bonds. The Balaban J connectivity index is 2.17. The number of hydrogen-bond donors (Lipinski definition) is 3. The van der Waals surface area contributed by atoms with Gasteiger partial charge in [0.15, 0.2) is 0 Å². The van der Waals surface area contributed by atoms with Crippen LogP contribution < -0.4 is 11.1 Å². The Morgan fingerprint density at radius 3 is 3.00 bits per heavy atom. The van der Waals surface area contributed by atoms with Crippen LogP contribution in [0.1, 0.15) is 5.69 Å². The molecule has 5 heteroatoms. The Bertz CT molecular complexity index is 395. The zero-order chi connectivity index (χ0) is 9.80. The molecule has 0 radical (unpaired) electrons. The lowest BCUT2D eigenvalue weighted by Crippen LogP contribution is -2.01. The lowest BCUT2D eigenvalue weighted by atomic mass is 10.3. The van der Waals surface area contributed by atoms with Gasteiger partial charge in [0.2, 0.25) is 0 Å². The fourth-order valence-corrected chi connectivity index (χ4v) is 1.13. The largest absolute Gasteiger partial charge is 0.325 e.